The number of halogens is 1. The normalized spacial score (nSPS) is 12.2. The maximum atomic E-state index is 10.7. The van der Waals surface area contributed by atoms with E-state index in [1.54, 1.807) is 6.07 Å². The number of carboxylic acid groups (broad SMARTS) is 1. The number of aliphatic hydroxyl groups excluding tert-OH is 2. The van der Waals surface area contributed by atoms with Crippen LogP contribution in [0, 0.1) is 3.57 Å². The molecule has 5 nitrogen and oxygen atoms in total. The summed E-state index contributed by atoms with van der Waals surface area (Å²) in [5.74, 6) is -0.656. The highest BCUT2D eigenvalue weighted by molar-refractivity contribution is 14.1. The molecule has 1 atom stereocenters. The van der Waals surface area contributed by atoms with Crippen molar-refractivity contribution >= 4 is 28.6 Å². The van der Waals surface area contributed by atoms with Gasteiger partial charge in [0.25, 0.3) is 0 Å². The first kappa shape index (κ1) is 13.2. The van der Waals surface area contributed by atoms with Gasteiger partial charge in [0.15, 0.2) is 0 Å². The number of ether oxygens (including phenoxy) is 1. The first-order valence-corrected chi connectivity index (χ1v) is 5.57. The van der Waals surface area contributed by atoms with E-state index in [4.69, 9.17) is 20.1 Å². The van der Waals surface area contributed by atoms with Crippen molar-refractivity contribution < 1.29 is 24.9 Å². The SMILES string of the molecule is O=C(O)c1ccc(I)c(OCC(O)CO)c1. The summed E-state index contributed by atoms with van der Waals surface area (Å²) in [4.78, 5) is 10.7. The van der Waals surface area contributed by atoms with E-state index >= 15 is 0 Å². The summed E-state index contributed by atoms with van der Waals surface area (Å²) in [6.45, 7) is -0.467. The number of carboxylic acids is 1. The molecule has 0 bridgehead atoms. The third-order valence-electron chi connectivity index (χ3n) is 1.82. The van der Waals surface area contributed by atoms with E-state index in [-0.39, 0.29) is 12.2 Å². The van der Waals surface area contributed by atoms with Crippen LogP contribution >= 0.6 is 22.6 Å². The minimum atomic E-state index is -1.04. The van der Waals surface area contributed by atoms with Gasteiger partial charge >= 0.3 is 5.97 Å². The topological polar surface area (TPSA) is 87.0 Å². The molecule has 0 aromatic heterocycles. The number of hydrogen-bond donors (Lipinski definition) is 3. The smallest absolute Gasteiger partial charge is 0.335 e. The van der Waals surface area contributed by atoms with E-state index in [2.05, 4.69) is 0 Å². The van der Waals surface area contributed by atoms with E-state index in [0.717, 1.165) is 3.57 Å². The molecule has 0 spiro atoms. The van der Waals surface area contributed by atoms with Gasteiger partial charge in [-0.15, -0.1) is 0 Å². The lowest BCUT2D eigenvalue weighted by Crippen LogP contribution is -2.21. The average Bonchev–Trinajstić information content (AvgIpc) is 2.27. The molecule has 1 unspecified atom stereocenters. The lowest BCUT2D eigenvalue weighted by atomic mass is 10.2. The van der Waals surface area contributed by atoms with Crippen molar-refractivity contribution in [1.29, 1.82) is 0 Å². The first-order chi connectivity index (χ1) is 7.54. The van der Waals surface area contributed by atoms with Gasteiger partial charge in [-0.1, -0.05) is 0 Å². The molecular weight excluding hydrogens is 327 g/mol. The van der Waals surface area contributed by atoms with Crippen LogP contribution in [0.5, 0.6) is 5.75 Å². The maximum Gasteiger partial charge on any atom is 0.335 e. The fraction of sp³-hybridized carbons (Fsp3) is 0.300. The van der Waals surface area contributed by atoms with Crippen LogP contribution in [0.1, 0.15) is 10.4 Å². The molecule has 0 aliphatic rings. The summed E-state index contributed by atoms with van der Waals surface area (Å²) in [6, 6.07) is 4.47. The lowest BCUT2D eigenvalue weighted by Gasteiger charge is -2.11. The summed E-state index contributed by atoms with van der Waals surface area (Å²) in [6.07, 6.45) is -0.968. The van der Waals surface area contributed by atoms with Crippen LogP contribution in [0.25, 0.3) is 0 Å². The Kier molecular flexibility index (Phi) is 4.97. The molecule has 88 valence electrons. The molecule has 1 aromatic carbocycles. The monoisotopic (exact) mass is 338 g/mol. The molecule has 0 fully saturated rings. The van der Waals surface area contributed by atoms with Gasteiger partial charge < -0.3 is 20.1 Å². The summed E-state index contributed by atoms with van der Waals surface area (Å²) in [5.41, 5.74) is 0.119. The summed E-state index contributed by atoms with van der Waals surface area (Å²) in [7, 11) is 0. The predicted molar refractivity (Wildman–Crippen MR) is 64.7 cm³/mol. The second-order valence-corrected chi connectivity index (χ2v) is 4.26. The first-order valence-electron chi connectivity index (χ1n) is 4.49. The zero-order valence-corrected chi connectivity index (χ0v) is 10.4. The number of carbonyl (C=O) groups is 1. The van der Waals surface area contributed by atoms with Crippen LogP contribution in [0.15, 0.2) is 18.2 Å². The van der Waals surface area contributed by atoms with Crippen LogP contribution in [0.2, 0.25) is 0 Å². The van der Waals surface area contributed by atoms with Gasteiger partial charge in [-0.3, -0.25) is 0 Å². The molecule has 0 aliphatic heterocycles. The zero-order valence-electron chi connectivity index (χ0n) is 8.26. The Balaban J connectivity index is 2.78. The van der Waals surface area contributed by atoms with Crippen molar-refractivity contribution in [2.45, 2.75) is 6.10 Å². The molecule has 1 rings (SSSR count). The van der Waals surface area contributed by atoms with Crippen molar-refractivity contribution in [3.05, 3.63) is 27.3 Å². The third kappa shape index (κ3) is 3.62. The van der Waals surface area contributed by atoms with Crippen LogP contribution in [-0.2, 0) is 0 Å². The Morgan fingerprint density at radius 2 is 2.19 bits per heavy atom. The molecule has 1 aromatic rings. The molecule has 3 N–H and O–H groups in total. The van der Waals surface area contributed by atoms with Crippen molar-refractivity contribution in [3.63, 3.8) is 0 Å². The molecule has 0 saturated heterocycles. The van der Waals surface area contributed by atoms with Gasteiger partial charge in [0.05, 0.1) is 15.7 Å². The van der Waals surface area contributed by atoms with Crippen molar-refractivity contribution in [3.8, 4) is 5.75 Å². The highest BCUT2D eigenvalue weighted by atomic mass is 127. The summed E-state index contributed by atoms with van der Waals surface area (Å²) >= 11 is 2.00. The fourth-order valence-electron chi connectivity index (χ4n) is 0.986. The van der Waals surface area contributed by atoms with Crippen LogP contribution in [-0.4, -0.2) is 40.6 Å². The molecule has 0 amide bonds. The van der Waals surface area contributed by atoms with Crippen molar-refractivity contribution in [2.75, 3.05) is 13.2 Å². The van der Waals surface area contributed by atoms with Crippen LogP contribution < -0.4 is 4.74 Å². The van der Waals surface area contributed by atoms with Gasteiger partial charge in [-0.05, 0) is 40.8 Å². The Hall–Kier alpha value is -0.860. The standard InChI is InChI=1S/C10H11IO5/c11-8-2-1-6(10(14)15)3-9(8)16-5-7(13)4-12/h1-3,7,12-13H,4-5H2,(H,14,15). The number of aromatic carboxylic acids is 1. The Labute approximate surface area is 106 Å². The molecule has 0 saturated carbocycles. The molecule has 0 heterocycles. The highest BCUT2D eigenvalue weighted by Gasteiger charge is 2.09. The molecule has 0 radical (unpaired) electrons. The minimum Gasteiger partial charge on any atom is -0.490 e. The highest BCUT2D eigenvalue weighted by Crippen LogP contribution is 2.22. The number of hydrogen-bond acceptors (Lipinski definition) is 4. The van der Waals surface area contributed by atoms with E-state index in [9.17, 15) is 4.79 Å². The number of benzene rings is 1. The quantitative estimate of drug-likeness (QED) is 0.689. The van der Waals surface area contributed by atoms with Gasteiger partial charge in [0.2, 0.25) is 0 Å². The lowest BCUT2D eigenvalue weighted by molar-refractivity contribution is 0.0532. The van der Waals surface area contributed by atoms with Crippen LogP contribution in [0.4, 0.5) is 0 Å². The Bertz CT molecular complexity index is 379. The van der Waals surface area contributed by atoms with Gasteiger partial charge in [0.1, 0.15) is 18.5 Å². The molecular formula is C10H11IO5. The second-order valence-electron chi connectivity index (χ2n) is 3.10. The third-order valence-corrected chi connectivity index (χ3v) is 2.71. The maximum absolute atomic E-state index is 10.7. The Morgan fingerprint density at radius 3 is 2.75 bits per heavy atom. The van der Waals surface area contributed by atoms with Gasteiger partial charge in [-0.2, -0.15) is 0 Å². The van der Waals surface area contributed by atoms with Gasteiger partial charge in [0, 0.05) is 0 Å². The second kappa shape index (κ2) is 6.02. The number of aliphatic hydroxyl groups is 2. The number of rotatable bonds is 5. The van der Waals surface area contributed by atoms with E-state index in [0.29, 0.717) is 5.75 Å². The van der Waals surface area contributed by atoms with E-state index in [1.807, 2.05) is 22.6 Å². The predicted octanol–water partition coefficient (Wildman–Crippen LogP) is 0.721. The zero-order chi connectivity index (χ0) is 12.1. The molecule has 16 heavy (non-hydrogen) atoms. The fourth-order valence-corrected chi connectivity index (χ4v) is 1.48. The summed E-state index contributed by atoms with van der Waals surface area (Å²) in [5, 5.41) is 26.5. The Morgan fingerprint density at radius 1 is 1.50 bits per heavy atom. The average molecular weight is 338 g/mol. The largest absolute Gasteiger partial charge is 0.490 e. The van der Waals surface area contributed by atoms with Crippen molar-refractivity contribution in [2.24, 2.45) is 0 Å². The van der Waals surface area contributed by atoms with E-state index < -0.39 is 18.7 Å². The molecule has 0 aliphatic carbocycles. The van der Waals surface area contributed by atoms with Gasteiger partial charge in [-0.25, -0.2) is 4.79 Å². The van der Waals surface area contributed by atoms with Crippen LogP contribution in [0.3, 0.4) is 0 Å². The summed E-state index contributed by atoms with van der Waals surface area (Å²) < 4.78 is 5.94. The van der Waals surface area contributed by atoms with Crippen molar-refractivity contribution in [1.82, 2.24) is 0 Å². The molecule has 6 heteroatoms. The van der Waals surface area contributed by atoms with E-state index in [1.165, 1.54) is 12.1 Å². The minimum absolute atomic E-state index is 0.0738.